The molecular weight excluding hydrogens is 310 g/mol. The topological polar surface area (TPSA) is 46.6 Å². The molecule has 1 aliphatic rings. The molecule has 0 bridgehead atoms. The van der Waals surface area contributed by atoms with Gasteiger partial charge in [0.2, 0.25) is 10.0 Å². The lowest BCUT2D eigenvalue weighted by atomic mass is 10.1. The third kappa shape index (κ3) is 4.19. The molecule has 1 saturated heterocycles. The van der Waals surface area contributed by atoms with Gasteiger partial charge in [0.25, 0.3) is 0 Å². The minimum Gasteiger partial charge on any atom is -0.373 e. The molecule has 0 aromatic heterocycles. The smallest absolute Gasteiger partial charge is 0.243 e. The minimum absolute atomic E-state index is 0.0773. The van der Waals surface area contributed by atoms with Crippen LogP contribution in [-0.4, -0.2) is 43.9 Å². The Morgan fingerprint density at radius 3 is 2.29 bits per heavy atom. The summed E-state index contributed by atoms with van der Waals surface area (Å²) in [5.41, 5.74) is 1.11. The standard InChI is InChI=1S/C15H22ClNO3S/c1-12-10-17(11-13(2)20-12)21(18,19)15-7-5-14(6-8-15)4-3-9-16/h5-8,12-13H,3-4,9-11H2,1-2H3. The van der Waals surface area contributed by atoms with Crippen molar-refractivity contribution in [3.05, 3.63) is 29.8 Å². The highest BCUT2D eigenvalue weighted by Gasteiger charge is 2.31. The van der Waals surface area contributed by atoms with Crippen LogP contribution in [0.3, 0.4) is 0 Å². The van der Waals surface area contributed by atoms with Crippen LogP contribution in [0.15, 0.2) is 29.2 Å². The summed E-state index contributed by atoms with van der Waals surface area (Å²) in [5.74, 6) is 0.615. The van der Waals surface area contributed by atoms with Crippen molar-refractivity contribution in [2.45, 2.75) is 43.8 Å². The molecule has 0 radical (unpaired) electrons. The fraction of sp³-hybridized carbons (Fsp3) is 0.600. The van der Waals surface area contributed by atoms with Crippen LogP contribution in [0.25, 0.3) is 0 Å². The van der Waals surface area contributed by atoms with E-state index in [1.807, 2.05) is 26.0 Å². The van der Waals surface area contributed by atoms with Crippen molar-refractivity contribution in [3.8, 4) is 0 Å². The first kappa shape index (κ1) is 16.7. The van der Waals surface area contributed by atoms with E-state index >= 15 is 0 Å². The number of benzene rings is 1. The molecule has 2 atom stereocenters. The molecule has 0 aliphatic carbocycles. The van der Waals surface area contributed by atoms with Gasteiger partial charge in [-0.1, -0.05) is 12.1 Å². The summed E-state index contributed by atoms with van der Waals surface area (Å²) in [6.07, 6.45) is 1.61. The first-order valence-corrected chi connectivity index (χ1v) is 9.21. The fourth-order valence-corrected chi connectivity index (χ4v) is 4.30. The number of hydrogen-bond donors (Lipinski definition) is 0. The number of sulfonamides is 1. The molecule has 1 aromatic rings. The van der Waals surface area contributed by atoms with Crippen LogP contribution in [0.2, 0.25) is 0 Å². The van der Waals surface area contributed by atoms with E-state index in [1.54, 1.807) is 12.1 Å². The van der Waals surface area contributed by atoms with Gasteiger partial charge >= 0.3 is 0 Å². The number of ether oxygens (including phenoxy) is 1. The fourth-order valence-electron chi connectivity index (χ4n) is 2.58. The molecule has 4 nitrogen and oxygen atoms in total. The molecule has 0 spiro atoms. The monoisotopic (exact) mass is 331 g/mol. The van der Waals surface area contributed by atoms with Gasteiger partial charge in [-0.05, 0) is 44.4 Å². The zero-order valence-electron chi connectivity index (χ0n) is 12.5. The quantitative estimate of drug-likeness (QED) is 0.779. The van der Waals surface area contributed by atoms with E-state index in [9.17, 15) is 8.42 Å². The van der Waals surface area contributed by atoms with Crippen LogP contribution in [0.5, 0.6) is 0 Å². The molecule has 21 heavy (non-hydrogen) atoms. The lowest BCUT2D eigenvalue weighted by Crippen LogP contribution is -2.48. The Balaban J connectivity index is 2.15. The zero-order chi connectivity index (χ0) is 15.5. The Hall–Kier alpha value is -0.620. The lowest BCUT2D eigenvalue weighted by molar-refractivity contribution is -0.0440. The first-order valence-electron chi connectivity index (χ1n) is 7.24. The third-order valence-corrected chi connectivity index (χ3v) is 5.66. The lowest BCUT2D eigenvalue weighted by Gasteiger charge is -2.34. The van der Waals surface area contributed by atoms with Crippen LogP contribution in [0, 0.1) is 0 Å². The molecule has 1 aliphatic heterocycles. The maximum Gasteiger partial charge on any atom is 0.243 e. The van der Waals surface area contributed by atoms with Gasteiger partial charge in [-0.25, -0.2) is 8.42 Å². The third-order valence-electron chi connectivity index (χ3n) is 3.55. The summed E-state index contributed by atoms with van der Waals surface area (Å²) >= 11 is 5.67. The van der Waals surface area contributed by atoms with Crippen molar-refractivity contribution in [1.29, 1.82) is 0 Å². The Morgan fingerprint density at radius 2 is 1.76 bits per heavy atom. The average Bonchev–Trinajstić information content (AvgIpc) is 2.44. The van der Waals surface area contributed by atoms with E-state index in [0.29, 0.717) is 23.9 Å². The molecule has 1 fully saturated rings. The van der Waals surface area contributed by atoms with Crippen molar-refractivity contribution in [1.82, 2.24) is 4.31 Å². The van der Waals surface area contributed by atoms with Gasteiger partial charge in [0.1, 0.15) is 0 Å². The summed E-state index contributed by atoms with van der Waals surface area (Å²) in [4.78, 5) is 0.346. The number of aryl methyl sites for hydroxylation is 1. The summed E-state index contributed by atoms with van der Waals surface area (Å²) < 4.78 is 32.4. The van der Waals surface area contributed by atoms with E-state index in [4.69, 9.17) is 16.3 Å². The SMILES string of the molecule is CC1CN(S(=O)(=O)c2ccc(CCCCl)cc2)CC(C)O1. The van der Waals surface area contributed by atoms with E-state index < -0.39 is 10.0 Å². The average molecular weight is 332 g/mol. The van der Waals surface area contributed by atoms with Crippen LogP contribution in [0.4, 0.5) is 0 Å². The van der Waals surface area contributed by atoms with Crippen molar-refractivity contribution in [3.63, 3.8) is 0 Å². The molecular formula is C15H22ClNO3S. The number of alkyl halides is 1. The van der Waals surface area contributed by atoms with E-state index in [0.717, 1.165) is 18.4 Å². The van der Waals surface area contributed by atoms with Crippen molar-refractivity contribution < 1.29 is 13.2 Å². The van der Waals surface area contributed by atoms with Gasteiger partial charge in [0, 0.05) is 19.0 Å². The highest BCUT2D eigenvalue weighted by molar-refractivity contribution is 7.89. The van der Waals surface area contributed by atoms with Gasteiger partial charge in [-0.15, -0.1) is 11.6 Å². The molecule has 1 heterocycles. The Kier molecular flexibility index (Phi) is 5.66. The first-order chi connectivity index (χ1) is 9.93. The van der Waals surface area contributed by atoms with E-state index in [1.165, 1.54) is 4.31 Å². The molecule has 0 N–H and O–H groups in total. The van der Waals surface area contributed by atoms with Crippen molar-refractivity contribution in [2.24, 2.45) is 0 Å². The minimum atomic E-state index is -3.44. The molecule has 0 amide bonds. The Morgan fingerprint density at radius 1 is 1.19 bits per heavy atom. The van der Waals surface area contributed by atoms with Crippen LogP contribution >= 0.6 is 11.6 Å². The second-order valence-electron chi connectivity index (χ2n) is 5.52. The maximum absolute atomic E-state index is 12.7. The molecule has 118 valence electrons. The second-order valence-corrected chi connectivity index (χ2v) is 7.83. The normalized spacial score (nSPS) is 24.1. The van der Waals surface area contributed by atoms with Gasteiger partial charge in [-0.2, -0.15) is 4.31 Å². The largest absolute Gasteiger partial charge is 0.373 e. The summed E-state index contributed by atoms with van der Waals surface area (Å²) in [7, 11) is -3.44. The number of nitrogens with zero attached hydrogens (tertiary/aromatic N) is 1. The number of morpholine rings is 1. The van der Waals surface area contributed by atoms with Crippen LogP contribution in [-0.2, 0) is 21.2 Å². The highest BCUT2D eigenvalue weighted by atomic mass is 35.5. The molecule has 0 saturated carbocycles. The Bertz CT molecular complexity index is 549. The summed E-state index contributed by atoms with van der Waals surface area (Å²) in [6.45, 7) is 4.60. The van der Waals surface area contributed by atoms with Gasteiger partial charge in [0.05, 0.1) is 17.1 Å². The maximum atomic E-state index is 12.7. The van der Waals surface area contributed by atoms with Gasteiger partial charge < -0.3 is 4.74 Å². The zero-order valence-corrected chi connectivity index (χ0v) is 14.0. The van der Waals surface area contributed by atoms with Gasteiger partial charge in [-0.3, -0.25) is 0 Å². The second kappa shape index (κ2) is 7.09. The van der Waals surface area contributed by atoms with E-state index in [2.05, 4.69) is 0 Å². The van der Waals surface area contributed by atoms with Crippen molar-refractivity contribution in [2.75, 3.05) is 19.0 Å². The summed E-state index contributed by atoms with van der Waals surface area (Å²) in [5, 5.41) is 0. The Labute approximate surface area is 132 Å². The van der Waals surface area contributed by atoms with Crippen molar-refractivity contribution >= 4 is 21.6 Å². The predicted molar refractivity (Wildman–Crippen MR) is 84.3 cm³/mol. The molecule has 2 rings (SSSR count). The molecule has 6 heteroatoms. The summed E-state index contributed by atoms with van der Waals surface area (Å²) in [6, 6.07) is 7.10. The molecule has 1 aromatic carbocycles. The number of rotatable bonds is 5. The van der Waals surface area contributed by atoms with Crippen LogP contribution in [0.1, 0.15) is 25.8 Å². The molecule has 2 unspecified atom stereocenters. The van der Waals surface area contributed by atoms with E-state index in [-0.39, 0.29) is 12.2 Å². The predicted octanol–water partition coefficient (Wildman–Crippen LogP) is 2.66. The number of halogens is 1. The van der Waals surface area contributed by atoms with Gasteiger partial charge in [0.15, 0.2) is 0 Å². The number of hydrogen-bond acceptors (Lipinski definition) is 3. The van der Waals surface area contributed by atoms with Crippen LogP contribution < -0.4 is 0 Å². The highest BCUT2D eigenvalue weighted by Crippen LogP contribution is 2.21.